The molecule has 2 aromatic heterocycles. The monoisotopic (exact) mass is 660 g/mol. The second kappa shape index (κ2) is 13.5. The van der Waals surface area contributed by atoms with Gasteiger partial charge in [-0.05, 0) is 67.1 Å². The molecular weight excluding hydrogens is 616 g/mol. The highest BCUT2D eigenvalue weighted by molar-refractivity contribution is 6.00. The zero-order chi connectivity index (χ0) is 34.1. The van der Waals surface area contributed by atoms with Crippen LogP contribution >= 0.6 is 0 Å². The molecule has 3 heterocycles. The van der Waals surface area contributed by atoms with E-state index in [1.807, 2.05) is 73.7 Å². The van der Waals surface area contributed by atoms with Crippen molar-refractivity contribution < 1.29 is 14.6 Å². The molecule has 0 saturated heterocycles. The van der Waals surface area contributed by atoms with Crippen LogP contribution in [0.1, 0.15) is 61.0 Å². The Hall–Kier alpha value is -5.00. The molecule has 5 aromatic rings. The fraction of sp³-hybridized carbons (Fsp3) is 0.368. The van der Waals surface area contributed by atoms with Crippen LogP contribution in [0.3, 0.4) is 0 Å². The molecule has 254 valence electrons. The maximum atomic E-state index is 13.4. The lowest BCUT2D eigenvalue weighted by atomic mass is 9.92. The number of urea groups is 1. The number of aliphatic hydroxyl groups excluding tert-OH is 1. The second-order valence-electron chi connectivity index (χ2n) is 13.9. The third-order valence-corrected chi connectivity index (χ3v) is 9.41. The fourth-order valence-corrected chi connectivity index (χ4v) is 6.67. The number of carbonyl (C=O) groups is 1. The predicted octanol–water partition coefficient (Wildman–Crippen LogP) is 6.26. The van der Waals surface area contributed by atoms with E-state index in [-0.39, 0.29) is 18.1 Å². The van der Waals surface area contributed by atoms with Gasteiger partial charge in [0.25, 0.3) is 0 Å². The van der Waals surface area contributed by atoms with Gasteiger partial charge in [0.2, 0.25) is 0 Å². The van der Waals surface area contributed by atoms with Gasteiger partial charge in [0.15, 0.2) is 5.82 Å². The highest BCUT2D eigenvalue weighted by Gasteiger charge is 2.25. The number of benzene rings is 3. The first-order valence-corrected chi connectivity index (χ1v) is 17.0. The van der Waals surface area contributed by atoms with Crippen LogP contribution < -0.4 is 15.4 Å². The molecule has 0 bridgehead atoms. The lowest BCUT2D eigenvalue weighted by molar-refractivity contribution is 0.174. The van der Waals surface area contributed by atoms with Crippen molar-refractivity contribution in [2.45, 2.75) is 72.1 Å². The number of rotatable bonds is 9. The van der Waals surface area contributed by atoms with Crippen LogP contribution in [-0.4, -0.2) is 60.3 Å². The maximum absolute atomic E-state index is 13.4. The molecule has 2 aliphatic rings. The molecule has 11 nitrogen and oxygen atoms in total. The van der Waals surface area contributed by atoms with Gasteiger partial charge in [-0.3, -0.25) is 10.2 Å². The van der Waals surface area contributed by atoms with Gasteiger partial charge in [-0.2, -0.15) is 5.10 Å². The summed E-state index contributed by atoms with van der Waals surface area (Å²) in [6.45, 7) is 12.0. The summed E-state index contributed by atoms with van der Waals surface area (Å²) in [6.07, 6.45) is 2.83. The number of amides is 2. The molecule has 3 N–H and O–H groups in total. The van der Waals surface area contributed by atoms with Crippen LogP contribution in [0.5, 0.6) is 5.75 Å². The minimum absolute atomic E-state index is 0.0326. The summed E-state index contributed by atoms with van der Waals surface area (Å²) in [6, 6.07) is 21.5. The summed E-state index contributed by atoms with van der Waals surface area (Å²) in [5.41, 5.74) is 7.66. The smallest absolute Gasteiger partial charge is 0.324 e. The van der Waals surface area contributed by atoms with E-state index in [0.29, 0.717) is 19.0 Å². The maximum Gasteiger partial charge on any atom is 0.324 e. The Labute approximate surface area is 286 Å². The molecule has 0 spiro atoms. The van der Waals surface area contributed by atoms with Crippen molar-refractivity contribution in [3.8, 4) is 22.8 Å². The summed E-state index contributed by atoms with van der Waals surface area (Å²) >= 11 is 0. The number of nitrogens with one attached hydrogen (secondary N) is 2. The van der Waals surface area contributed by atoms with Crippen molar-refractivity contribution in [2.24, 2.45) is 0 Å². The largest absolute Gasteiger partial charge is 0.492 e. The van der Waals surface area contributed by atoms with Gasteiger partial charge in [-0.15, -0.1) is 10.2 Å². The van der Waals surface area contributed by atoms with Crippen LogP contribution in [0.2, 0.25) is 0 Å². The molecule has 0 atom stereocenters. The predicted molar refractivity (Wildman–Crippen MR) is 190 cm³/mol. The number of ether oxygens (including phenoxy) is 1. The second-order valence-corrected chi connectivity index (χ2v) is 13.9. The number of hydrogen-bond donors (Lipinski definition) is 3. The number of carbonyl (C=O) groups excluding carboxylic acids is 1. The van der Waals surface area contributed by atoms with E-state index in [1.54, 1.807) is 4.68 Å². The lowest BCUT2D eigenvalue weighted by Gasteiger charge is -2.28. The first-order chi connectivity index (χ1) is 23.7. The third kappa shape index (κ3) is 6.81. The Morgan fingerprint density at radius 3 is 2.55 bits per heavy atom. The zero-order valence-corrected chi connectivity index (χ0v) is 28.7. The highest BCUT2D eigenvalue weighted by atomic mass is 16.5. The highest BCUT2D eigenvalue weighted by Crippen LogP contribution is 2.36. The van der Waals surface area contributed by atoms with Gasteiger partial charge in [-0.1, -0.05) is 62.7 Å². The van der Waals surface area contributed by atoms with Crippen LogP contribution in [0.15, 0.2) is 66.7 Å². The molecule has 1 aliphatic carbocycles. The molecule has 0 fully saturated rings. The number of aliphatic hydroxyl groups is 1. The van der Waals surface area contributed by atoms with Gasteiger partial charge in [0, 0.05) is 42.4 Å². The van der Waals surface area contributed by atoms with Crippen LogP contribution in [-0.2, 0) is 38.0 Å². The minimum atomic E-state index is -0.308. The van der Waals surface area contributed by atoms with Gasteiger partial charge in [0.05, 0.1) is 24.5 Å². The van der Waals surface area contributed by atoms with E-state index >= 15 is 0 Å². The first-order valence-electron chi connectivity index (χ1n) is 17.0. The van der Waals surface area contributed by atoms with E-state index in [4.69, 9.17) is 9.84 Å². The Kier molecular flexibility index (Phi) is 8.96. The van der Waals surface area contributed by atoms with Crippen molar-refractivity contribution in [3.63, 3.8) is 0 Å². The fourth-order valence-electron chi connectivity index (χ4n) is 6.67. The van der Waals surface area contributed by atoms with Crippen molar-refractivity contribution in [3.05, 3.63) is 101 Å². The number of fused-ring (bicyclic) bond motifs is 2. The molecular formula is C38H44N8O3. The molecule has 0 saturated carbocycles. The molecule has 3 aromatic carbocycles. The molecule has 1 aliphatic heterocycles. The van der Waals surface area contributed by atoms with Crippen LogP contribution in [0.25, 0.3) is 17.1 Å². The molecule has 0 radical (unpaired) electrons. The summed E-state index contributed by atoms with van der Waals surface area (Å²) < 4.78 is 10.3. The van der Waals surface area contributed by atoms with Crippen molar-refractivity contribution >= 4 is 17.5 Å². The Bertz CT molecular complexity index is 1970. The van der Waals surface area contributed by atoms with Gasteiger partial charge < -0.3 is 19.7 Å². The van der Waals surface area contributed by atoms with Gasteiger partial charge in [-0.25, -0.2) is 9.48 Å². The minimum Gasteiger partial charge on any atom is -0.492 e. The van der Waals surface area contributed by atoms with Crippen molar-refractivity contribution in [1.29, 1.82) is 0 Å². The van der Waals surface area contributed by atoms with Crippen molar-refractivity contribution in [1.82, 2.24) is 29.4 Å². The molecule has 7 rings (SSSR count). The van der Waals surface area contributed by atoms with Crippen LogP contribution in [0, 0.1) is 6.92 Å². The molecule has 0 unspecified atom stereocenters. The molecule has 11 heteroatoms. The Balaban J connectivity index is 0.990. The van der Waals surface area contributed by atoms with Gasteiger partial charge in [0.1, 0.15) is 24.0 Å². The third-order valence-electron chi connectivity index (χ3n) is 9.41. The molecule has 49 heavy (non-hydrogen) atoms. The van der Waals surface area contributed by atoms with Crippen LogP contribution in [0.4, 0.5) is 16.3 Å². The van der Waals surface area contributed by atoms with E-state index in [9.17, 15) is 9.90 Å². The molecule has 2 amide bonds. The number of anilines is 2. The Morgan fingerprint density at radius 2 is 1.76 bits per heavy atom. The van der Waals surface area contributed by atoms with E-state index in [0.717, 1.165) is 95.6 Å². The average molecular weight is 661 g/mol. The SMILES string of the molecule is Cc1ccc(-n2nc(C(C)(C)C)cc2NC(=O)Nc2ccc(OCCN3CCn4c(nnc4-c4ccccc4CO)C3)c3c2CCC3)cc1. The van der Waals surface area contributed by atoms with Gasteiger partial charge >= 0.3 is 6.03 Å². The number of aryl methyl sites for hydroxylation is 1. The number of aromatic nitrogens is 5. The van der Waals surface area contributed by atoms with E-state index in [1.165, 1.54) is 5.56 Å². The lowest BCUT2D eigenvalue weighted by Crippen LogP contribution is -2.36. The summed E-state index contributed by atoms with van der Waals surface area (Å²) in [5.74, 6) is 3.22. The average Bonchev–Trinajstić information content (AvgIpc) is 3.85. The first kappa shape index (κ1) is 32.5. The van der Waals surface area contributed by atoms with E-state index < -0.39 is 0 Å². The number of hydrogen-bond acceptors (Lipinski definition) is 7. The normalized spacial score (nSPS) is 14.4. The summed E-state index contributed by atoms with van der Waals surface area (Å²) in [7, 11) is 0. The standard InChI is InChI=1S/C38H44N8O3/c1-25-12-14-27(15-13-25)46-34(22-33(43-46)38(2,3)4)40-37(48)39-31-16-17-32(30-11-7-10-29(30)31)49-21-20-44-18-19-45-35(23-44)41-42-36(45)28-9-6-5-8-26(28)24-47/h5-6,8-9,12-17,22,47H,7,10-11,18-21,23-24H2,1-4H3,(H2,39,40,48). The zero-order valence-electron chi connectivity index (χ0n) is 28.7. The quantitative estimate of drug-likeness (QED) is 0.171. The topological polar surface area (TPSA) is 122 Å². The van der Waals surface area contributed by atoms with Crippen molar-refractivity contribution in [2.75, 3.05) is 30.3 Å². The Morgan fingerprint density at radius 1 is 0.959 bits per heavy atom. The van der Waals surface area contributed by atoms with E-state index in [2.05, 4.69) is 51.1 Å². The summed E-state index contributed by atoms with van der Waals surface area (Å²) in [4.78, 5) is 15.7. The number of nitrogens with zero attached hydrogens (tertiary/aromatic N) is 6. The summed E-state index contributed by atoms with van der Waals surface area (Å²) in [5, 5.41) is 29.7.